The number of carbonyl (C=O) groups is 3. The number of piperazine rings is 1. The maximum absolute atomic E-state index is 14.4. The number of ketones is 1. The van der Waals surface area contributed by atoms with Gasteiger partial charge in [0, 0.05) is 74.2 Å². The van der Waals surface area contributed by atoms with Gasteiger partial charge in [0.25, 0.3) is 11.7 Å². The minimum Gasteiger partial charge on any atom is -0.507 e. The predicted octanol–water partition coefficient (Wildman–Crippen LogP) is 3.58. The van der Waals surface area contributed by atoms with Crippen LogP contribution in [0, 0.1) is 30.6 Å². The lowest BCUT2D eigenvalue weighted by molar-refractivity contribution is -0.160. The molecule has 8 N–H and O–H groups in total. The van der Waals surface area contributed by atoms with Gasteiger partial charge >= 0.3 is 11.8 Å². The van der Waals surface area contributed by atoms with Crippen molar-refractivity contribution in [2.24, 2.45) is 34.6 Å². The van der Waals surface area contributed by atoms with Gasteiger partial charge in [-0.2, -0.15) is 5.10 Å². The SMILES string of the molecule is CO[C@H]1C=CO[C@@]2(C)Oc3c(C)c(O)c4c(O)c(c(/C=N/N5CCN(N)CC5)c(O)c4c3C2=O)NC(=O)/C(C)=C\C=C/[C@H](C)[C@H](O)[C@@H](C)[C@@H](O)[C@@H](C)[C@H](OC(C)=O)[C@@H]1C. The summed E-state index contributed by atoms with van der Waals surface area (Å²) in [6.45, 7) is 14.3. The smallest absolute Gasteiger partial charge is 0.312 e. The lowest BCUT2D eigenvalue weighted by atomic mass is 9.78. The molecule has 0 saturated carbocycles. The summed E-state index contributed by atoms with van der Waals surface area (Å²) in [7, 11) is 1.43. The van der Waals surface area contributed by atoms with Crippen LogP contribution < -0.4 is 15.9 Å². The zero-order valence-corrected chi connectivity index (χ0v) is 34.9. The van der Waals surface area contributed by atoms with Gasteiger partial charge in [-0.3, -0.25) is 25.2 Å². The van der Waals surface area contributed by atoms with Crippen LogP contribution in [-0.2, 0) is 23.8 Å². The van der Waals surface area contributed by atoms with Crippen LogP contribution in [0.25, 0.3) is 10.8 Å². The number of aliphatic hydroxyl groups excluding tert-OH is 2. The number of methoxy groups -OCH3 is 1. The van der Waals surface area contributed by atoms with E-state index in [0.717, 1.165) is 0 Å². The standard InChI is InChI=1S/C42H57N5O12/c1-20-11-10-12-21(2)41(55)45-32-27(19-44-47-16-14-46(43)15-17-47)36(52)29-30(37(32)53)35(51)25(6)39-31(29)40(54)42(8,59-39)57-18-13-28(56-9)22(3)38(58-26(7)48)24(5)34(50)23(4)33(20)49/h10-13,18-20,22-24,28,33-34,38,49-53H,14-17,43H2,1-9H3,(H,45,55)/b11-10-,18-13?,21-12-,44-19+/t20-,22+,23+,24+,28-,33-,34+,38+,42-/m0/s1. The van der Waals surface area contributed by atoms with Crippen LogP contribution in [0.5, 0.6) is 23.0 Å². The molecule has 2 aromatic rings. The second kappa shape index (κ2) is 18.0. The molecule has 4 aliphatic heterocycles. The van der Waals surface area contributed by atoms with E-state index in [1.54, 1.807) is 49.9 Å². The predicted molar refractivity (Wildman–Crippen MR) is 219 cm³/mol. The van der Waals surface area contributed by atoms with Crippen molar-refractivity contribution in [3.05, 3.63) is 52.8 Å². The molecule has 0 radical (unpaired) electrons. The third kappa shape index (κ3) is 8.89. The molecule has 1 amide bonds. The van der Waals surface area contributed by atoms with Gasteiger partial charge in [-0.1, -0.05) is 45.9 Å². The molecule has 9 atom stereocenters. The number of hydrogen-bond donors (Lipinski definition) is 7. The average Bonchev–Trinajstić information content (AvgIpc) is 3.46. The molecule has 17 heteroatoms. The summed E-state index contributed by atoms with van der Waals surface area (Å²) in [5.41, 5.74) is -0.448. The fourth-order valence-corrected chi connectivity index (χ4v) is 7.84. The van der Waals surface area contributed by atoms with Crippen molar-refractivity contribution in [1.29, 1.82) is 0 Å². The molecule has 4 aliphatic rings. The topological polar surface area (TPSA) is 246 Å². The summed E-state index contributed by atoms with van der Waals surface area (Å²) in [5.74, 6) is -2.57. The third-order valence-electron chi connectivity index (χ3n) is 11.7. The normalized spacial score (nSPS) is 31.5. The molecular weight excluding hydrogens is 766 g/mol. The number of nitrogens with two attached hydrogens (primary N) is 1. The zero-order valence-electron chi connectivity index (χ0n) is 34.9. The number of esters is 1. The fourth-order valence-electron chi connectivity index (χ4n) is 7.84. The molecule has 17 nitrogen and oxygen atoms in total. The number of phenols is 3. The van der Waals surface area contributed by atoms with Gasteiger partial charge in [0.15, 0.2) is 5.75 Å². The average molecular weight is 824 g/mol. The quantitative estimate of drug-likeness (QED) is 0.0766. The highest BCUT2D eigenvalue weighted by atomic mass is 16.7. The second-order valence-corrected chi connectivity index (χ2v) is 15.9. The molecule has 1 saturated heterocycles. The van der Waals surface area contributed by atoms with Crippen molar-refractivity contribution >= 4 is 40.3 Å². The van der Waals surface area contributed by atoms with E-state index < -0.39 is 88.8 Å². The highest BCUT2D eigenvalue weighted by molar-refractivity contribution is 6.23. The summed E-state index contributed by atoms with van der Waals surface area (Å²) in [6, 6.07) is 0. The number of ether oxygens (including phenoxy) is 4. The van der Waals surface area contributed by atoms with Crippen LogP contribution in [-0.4, -0.2) is 123 Å². The molecule has 2 aromatic carbocycles. The van der Waals surface area contributed by atoms with Crippen molar-refractivity contribution in [3.63, 3.8) is 0 Å². The Kier molecular flexibility index (Phi) is 13.7. The number of nitrogens with zero attached hydrogens (tertiary/aromatic N) is 3. The van der Waals surface area contributed by atoms with Gasteiger partial charge in [0.2, 0.25) is 0 Å². The molecule has 0 spiro atoms. The van der Waals surface area contributed by atoms with Crippen molar-refractivity contribution in [2.45, 2.75) is 85.6 Å². The number of carbonyl (C=O) groups excluding carboxylic acids is 3. The summed E-state index contributed by atoms with van der Waals surface area (Å²) >= 11 is 0. The van der Waals surface area contributed by atoms with Crippen LogP contribution in [0.15, 0.2) is 41.2 Å². The highest BCUT2D eigenvalue weighted by Gasteiger charge is 2.50. The maximum Gasteiger partial charge on any atom is 0.312 e. The van der Waals surface area contributed by atoms with Crippen molar-refractivity contribution < 1.29 is 58.9 Å². The van der Waals surface area contributed by atoms with Gasteiger partial charge in [-0.25, -0.2) is 5.01 Å². The van der Waals surface area contributed by atoms with Crippen molar-refractivity contribution in [2.75, 3.05) is 38.6 Å². The molecular formula is C42H57N5O12. The van der Waals surface area contributed by atoms with Gasteiger partial charge in [0.1, 0.15) is 23.4 Å². The number of allylic oxidation sites excluding steroid dienone is 2. The Bertz CT molecular complexity index is 2080. The first-order chi connectivity index (χ1) is 27.7. The molecule has 322 valence electrons. The van der Waals surface area contributed by atoms with Crippen LogP contribution in [0.2, 0.25) is 0 Å². The Labute approximate surface area is 343 Å². The lowest BCUT2D eigenvalue weighted by Crippen LogP contribution is -2.47. The van der Waals surface area contributed by atoms with Gasteiger partial charge in [-0.05, 0) is 19.9 Å². The molecule has 0 unspecified atom stereocenters. The number of rotatable bonds is 4. The van der Waals surface area contributed by atoms with E-state index in [9.17, 15) is 39.9 Å². The van der Waals surface area contributed by atoms with E-state index in [-0.39, 0.29) is 44.5 Å². The van der Waals surface area contributed by atoms with E-state index in [0.29, 0.717) is 26.2 Å². The molecule has 0 aromatic heterocycles. The Balaban J connectivity index is 1.70. The summed E-state index contributed by atoms with van der Waals surface area (Å²) < 4.78 is 23.6. The van der Waals surface area contributed by atoms with Gasteiger partial charge in [-0.15, -0.1) is 0 Å². The number of Topliss-reactive ketones (excluding diaryl/α,β-unsaturated/α-hetero) is 1. The third-order valence-corrected chi connectivity index (χ3v) is 11.7. The summed E-state index contributed by atoms with van der Waals surface area (Å²) in [5, 5.41) is 68.2. The number of hydrazone groups is 1. The van der Waals surface area contributed by atoms with E-state index >= 15 is 0 Å². The number of amides is 1. The number of benzene rings is 2. The second-order valence-electron chi connectivity index (χ2n) is 15.9. The number of nitrogens with one attached hydrogen (secondary N) is 1. The Morgan fingerprint density at radius 1 is 0.966 bits per heavy atom. The number of aromatic hydroxyl groups is 3. The molecule has 6 rings (SSSR count). The Morgan fingerprint density at radius 2 is 1.63 bits per heavy atom. The fraction of sp³-hybridized carbons (Fsp3) is 0.524. The van der Waals surface area contributed by atoms with E-state index in [1.165, 1.54) is 59.4 Å². The van der Waals surface area contributed by atoms with Gasteiger partial charge < -0.3 is 49.8 Å². The molecule has 5 bridgehead atoms. The van der Waals surface area contributed by atoms with Crippen LogP contribution in [0.4, 0.5) is 5.69 Å². The van der Waals surface area contributed by atoms with Crippen LogP contribution >= 0.6 is 0 Å². The molecule has 59 heavy (non-hydrogen) atoms. The van der Waals surface area contributed by atoms with E-state index in [1.807, 2.05) is 0 Å². The summed E-state index contributed by atoms with van der Waals surface area (Å²) in [4.78, 5) is 40.5. The first-order valence-corrected chi connectivity index (χ1v) is 19.6. The largest absolute Gasteiger partial charge is 0.507 e. The number of hydrazine groups is 1. The van der Waals surface area contributed by atoms with Crippen molar-refractivity contribution in [3.8, 4) is 23.0 Å². The summed E-state index contributed by atoms with van der Waals surface area (Å²) in [6.07, 6.45) is 4.75. The number of anilines is 1. The number of fused-ring (bicyclic) bond motifs is 14. The molecule has 0 aliphatic carbocycles. The Morgan fingerprint density at radius 3 is 2.25 bits per heavy atom. The van der Waals surface area contributed by atoms with Crippen LogP contribution in [0.1, 0.15) is 70.0 Å². The van der Waals surface area contributed by atoms with Crippen molar-refractivity contribution in [1.82, 2.24) is 10.0 Å². The monoisotopic (exact) mass is 823 g/mol. The Hall–Kier alpha value is -5.20. The number of aliphatic hydroxyl groups is 2. The molecule has 1 fully saturated rings. The minimum atomic E-state index is -2.05. The highest BCUT2D eigenvalue weighted by Crippen LogP contribution is 2.55. The van der Waals surface area contributed by atoms with Crippen LogP contribution in [0.3, 0.4) is 0 Å². The lowest BCUT2D eigenvalue weighted by Gasteiger charge is -2.38. The van der Waals surface area contributed by atoms with Gasteiger partial charge in [0.05, 0.1) is 66.1 Å². The zero-order chi connectivity index (χ0) is 43.7. The van der Waals surface area contributed by atoms with E-state index in [4.69, 9.17) is 24.8 Å². The number of phenolic OH excluding ortho intramolecular Hbond substituents is 3. The molecule has 4 heterocycles. The first kappa shape index (κ1) is 44.9. The number of hydrogen-bond acceptors (Lipinski definition) is 16. The van der Waals surface area contributed by atoms with E-state index in [2.05, 4.69) is 10.4 Å². The first-order valence-electron chi connectivity index (χ1n) is 19.6. The minimum absolute atomic E-state index is 0.0441. The maximum atomic E-state index is 14.4.